The lowest BCUT2D eigenvalue weighted by Gasteiger charge is -2.12. The van der Waals surface area contributed by atoms with E-state index in [4.69, 9.17) is 10.2 Å². The van der Waals surface area contributed by atoms with Gasteiger partial charge in [-0.25, -0.2) is 0 Å². The molecule has 1 atom stereocenters. The van der Waals surface area contributed by atoms with Crippen LogP contribution in [0, 0.1) is 6.92 Å². The SMILES string of the molecule is Cc1ccc(-c2ccc(NC(C)CCN)nn2)o1. The van der Waals surface area contributed by atoms with Crippen LogP contribution in [0.3, 0.4) is 0 Å². The molecular formula is C13H18N4O. The molecule has 0 aliphatic heterocycles. The molecule has 2 rings (SSSR count). The Morgan fingerprint density at radius 1 is 1.28 bits per heavy atom. The number of rotatable bonds is 5. The fraction of sp³-hybridized carbons (Fsp3) is 0.385. The molecule has 0 aliphatic carbocycles. The summed E-state index contributed by atoms with van der Waals surface area (Å²) in [6.45, 7) is 4.63. The second-order valence-electron chi connectivity index (χ2n) is 4.34. The lowest BCUT2D eigenvalue weighted by atomic mass is 10.2. The van der Waals surface area contributed by atoms with Crippen molar-refractivity contribution in [3.05, 3.63) is 30.0 Å². The molecule has 5 nitrogen and oxygen atoms in total. The van der Waals surface area contributed by atoms with Crippen LogP contribution in [-0.2, 0) is 0 Å². The number of hydrogen-bond donors (Lipinski definition) is 2. The van der Waals surface area contributed by atoms with Gasteiger partial charge in [0.1, 0.15) is 17.3 Å². The van der Waals surface area contributed by atoms with E-state index in [1.54, 1.807) is 0 Å². The topological polar surface area (TPSA) is 77.0 Å². The van der Waals surface area contributed by atoms with Gasteiger partial charge in [-0.3, -0.25) is 0 Å². The van der Waals surface area contributed by atoms with Gasteiger partial charge >= 0.3 is 0 Å². The van der Waals surface area contributed by atoms with Gasteiger partial charge in [0.25, 0.3) is 0 Å². The van der Waals surface area contributed by atoms with Crippen molar-refractivity contribution in [2.24, 2.45) is 5.73 Å². The van der Waals surface area contributed by atoms with Crippen LogP contribution in [-0.4, -0.2) is 22.8 Å². The van der Waals surface area contributed by atoms with Gasteiger partial charge in [-0.05, 0) is 51.1 Å². The van der Waals surface area contributed by atoms with Crippen molar-refractivity contribution in [1.29, 1.82) is 0 Å². The fourth-order valence-electron chi connectivity index (χ4n) is 1.69. The molecule has 0 amide bonds. The Morgan fingerprint density at radius 2 is 2.11 bits per heavy atom. The summed E-state index contributed by atoms with van der Waals surface area (Å²) < 4.78 is 5.49. The predicted molar refractivity (Wildman–Crippen MR) is 71.2 cm³/mol. The molecule has 5 heteroatoms. The largest absolute Gasteiger partial charge is 0.460 e. The molecule has 2 aromatic heterocycles. The van der Waals surface area contributed by atoms with Crippen LogP contribution >= 0.6 is 0 Å². The normalized spacial score (nSPS) is 12.4. The number of nitrogens with two attached hydrogens (primary N) is 1. The number of anilines is 1. The zero-order chi connectivity index (χ0) is 13.0. The molecule has 0 spiro atoms. The highest BCUT2D eigenvalue weighted by molar-refractivity contribution is 5.53. The number of aromatic nitrogens is 2. The second-order valence-corrected chi connectivity index (χ2v) is 4.34. The highest BCUT2D eigenvalue weighted by Crippen LogP contribution is 2.19. The smallest absolute Gasteiger partial charge is 0.154 e. The summed E-state index contributed by atoms with van der Waals surface area (Å²) >= 11 is 0. The van der Waals surface area contributed by atoms with E-state index >= 15 is 0 Å². The van der Waals surface area contributed by atoms with Gasteiger partial charge in [0.15, 0.2) is 5.76 Å². The summed E-state index contributed by atoms with van der Waals surface area (Å²) in [4.78, 5) is 0. The van der Waals surface area contributed by atoms with E-state index in [9.17, 15) is 0 Å². The number of furan rings is 1. The van der Waals surface area contributed by atoms with E-state index in [0.29, 0.717) is 12.6 Å². The van der Waals surface area contributed by atoms with Crippen molar-refractivity contribution in [1.82, 2.24) is 10.2 Å². The maximum Gasteiger partial charge on any atom is 0.154 e. The summed E-state index contributed by atoms with van der Waals surface area (Å²) in [5.74, 6) is 2.36. The highest BCUT2D eigenvalue weighted by atomic mass is 16.3. The van der Waals surface area contributed by atoms with E-state index in [2.05, 4.69) is 22.4 Å². The molecule has 0 saturated carbocycles. The van der Waals surface area contributed by atoms with Gasteiger partial charge in [-0.2, -0.15) is 0 Å². The van der Waals surface area contributed by atoms with E-state index in [1.165, 1.54) is 0 Å². The molecule has 0 aromatic carbocycles. The third-order valence-electron chi connectivity index (χ3n) is 2.65. The van der Waals surface area contributed by atoms with Crippen molar-refractivity contribution < 1.29 is 4.42 Å². The molecule has 3 N–H and O–H groups in total. The number of aryl methyl sites for hydroxylation is 1. The zero-order valence-electron chi connectivity index (χ0n) is 10.7. The van der Waals surface area contributed by atoms with Crippen LogP contribution in [0.1, 0.15) is 19.1 Å². The molecule has 2 aromatic rings. The maximum absolute atomic E-state index is 5.50. The molecule has 0 radical (unpaired) electrons. The molecular weight excluding hydrogens is 228 g/mol. The minimum absolute atomic E-state index is 0.293. The molecule has 18 heavy (non-hydrogen) atoms. The highest BCUT2D eigenvalue weighted by Gasteiger charge is 2.06. The van der Waals surface area contributed by atoms with Crippen molar-refractivity contribution >= 4 is 5.82 Å². The molecule has 0 bridgehead atoms. The second kappa shape index (κ2) is 5.64. The number of nitrogens with one attached hydrogen (secondary N) is 1. The Bertz CT molecular complexity index is 492. The lowest BCUT2D eigenvalue weighted by Crippen LogP contribution is -2.20. The predicted octanol–water partition coefficient (Wildman–Crippen LogP) is 2.19. The Labute approximate surface area is 106 Å². The Kier molecular flexibility index (Phi) is 3.94. The lowest BCUT2D eigenvalue weighted by molar-refractivity contribution is 0.545. The van der Waals surface area contributed by atoms with Gasteiger partial charge in [0.2, 0.25) is 0 Å². The van der Waals surface area contributed by atoms with E-state index in [1.807, 2.05) is 31.2 Å². The van der Waals surface area contributed by atoms with E-state index in [0.717, 1.165) is 29.5 Å². The van der Waals surface area contributed by atoms with Crippen molar-refractivity contribution in [3.8, 4) is 11.5 Å². The van der Waals surface area contributed by atoms with Crippen molar-refractivity contribution in [3.63, 3.8) is 0 Å². The third-order valence-corrected chi connectivity index (χ3v) is 2.65. The van der Waals surface area contributed by atoms with Crippen molar-refractivity contribution in [2.75, 3.05) is 11.9 Å². The van der Waals surface area contributed by atoms with Gasteiger partial charge in [0, 0.05) is 6.04 Å². The fourth-order valence-corrected chi connectivity index (χ4v) is 1.69. The Balaban J connectivity index is 2.06. The quantitative estimate of drug-likeness (QED) is 0.845. The van der Waals surface area contributed by atoms with Gasteiger partial charge < -0.3 is 15.5 Å². The average Bonchev–Trinajstić information content (AvgIpc) is 2.77. The summed E-state index contributed by atoms with van der Waals surface area (Å²) in [6.07, 6.45) is 0.904. The standard InChI is InChI=1S/C13H18N4O/c1-9(7-8-14)15-13-6-4-11(16-17-13)12-5-3-10(2)18-12/h3-6,9H,7-8,14H2,1-2H3,(H,15,17). The molecule has 1 unspecified atom stereocenters. The first-order chi connectivity index (χ1) is 8.69. The molecule has 0 saturated heterocycles. The van der Waals surface area contributed by atoms with Gasteiger partial charge in [-0.15, -0.1) is 10.2 Å². The van der Waals surface area contributed by atoms with Crippen LogP contribution in [0.2, 0.25) is 0 Å². The Morgan fingerprint density at radius 3 is 2.67 bits per heavy atom. The summed E-state index contributed by atoms with van der Waals surface area (Å²) in [7, 11) is 0. The Hall–Kier alpha value is -1.88. The minimum Gasteiger partial charge on any atom is -0.460 e. The minimum atomic E-state index is 0.293. The number of hydrogen-bond acceptors (Lipinski definition) is 5. The first kappa shape index (κ1) is 12.6. The average molecular weight is 246 g/mol. The van der Waals surface area contributed by atoms with Crippen LogP contribution < -0.4 is 11.1 Å². The molecule has 2 heterocycles. The van der Waals surface area contributed by atoms with E-state index < -0.39 is 0 Å². The van der Waals surface area contributed by atoms with Crippen LogP contribution in [0.5, 0.6) is 0 Å². The zero-order valence-corrected chi connectivity index (χ0v) is 10.7. The summed E-state index contributed by atoms with van der Waals surface area (Å²) in [5, 5.41) is 11.5. The van der Waals surface area contributed by atoms with E-state index in [-0.39, 0.29) is 0 Å². The number of nitrogens with zero attached hydrogens (tertiary/aromatic N) is 2. The van der Waals surface area contributed by atoms with Crippen molar-refractivity contribution in [2.45, 2.75) is 26.3 Å². The molecule has 0 aliphatic rings. The van der Waals surface area contributed by atoms with Crippen LogP contribution in [0.4, 0.5) is 5.82 Å². The first-order valence-corrected chi connectivity index (χ1v) is 6.06. The summed E-state index contributed by atoms with van der Waals surface area (Å²) in [5.41, 5.74) is 6.23. The van der Waals surface area contributed by atoms with Gasteiger partial charge in [0.05, 0.1) is 0 Å². The molecule has 0 fully saturated rings. The monoisotopic (exact) mass is 246 g/mol. The maximum atomic E-state index is 5.50. The van der Waals surface area contributed by atoms with Crippen LogP contribution in [0.25, 0.3) is 11.5 Å². The van der Waals surface area contributed by atoms with Crippen LogP contribution in [0.15, 0.2) is 28.7 Å². The summed E-state index contributed by atoms with van der Waals surface area (Å²) in [6, 6.07) is 7.88. The first-order valence-electron chi connectivity index (χ1n) is 6.06. The van der Waals surface area contributed by atoms with Gasteiger partial charge in [-0.1, -0.05) is 0 Å². The molecule has 96 valence electrons. The third kappa shape index (κ3) is 3.07.